The van der Waals surface area contributed by atoms with Gasteiger partial charge in [0, 0.05) is 41.1 Å². The SMILES string of the molecule is COc1cccc(C2C(C(=O)Nc3ccc(C)cn3)=C(C)NC3=C2C(=O)CC(C)C3)c1. The van der Waals surface area contributed by atoms with Crippen LogP contribution in [0, 0.1) is 12.8 Å². The van der Waals surface area contributed by atoms with Gasteiger partial charge in [0.1, 0.15) is 11.6 Å². The molecule has 4 rings (SSSR count). The summed E-state index contributed by atoms with van der Waals surface area (Å²) >= 11 is 0. The Morgan fingerprint density at radius 1 is 1.19 bits per heavy atom. The van der Waals surface area contributed by atoms with Crippen LogP contribution < -0.4 is 15.4 Å². The molecule has 2 unspecified atom stereocenters. The van der Waals surface area contributed by atoms with Crippen LogP contribution in [0.4, 0.5) is 5.82 Å². The smallest absolute Gasteiger partial charge is 0.255 e. The number of nitrogens with zero attached hydrogens (tertiary/aromatic N) is 1. The molecular formula is C25H27N3O3. The van der Waals surface area contributed by atoms with Crippen molar-refractivity contribution in [2.75, 3.05) is 12.4 Å². The van der Waals surface area contributed by atoms with Gasteiger partial charge in [0.15, 0.2) is 5.78 Å². The van der Waals surface area contributed by atoms with Gasteiger partial charge in [-0.25, -0.2) is 4.98 Å². The number of ketones is 1. The summed E-state index contributed by atoms with van der Waals surface area (Å²) in [5.41, 5.74) is 4.74. The Morgan fingerprint density at radius 3 is 2.71 bits per heavy atom. The number of hydrogen-bond donors (Lipinski definition) is 2. The van der Waals surface area contributed by atoms with E-state index in [2.05, 4.69) is 22.5 Å². The van der Waals surface area contributed by atoms with Crippen molar-refractivity contribution in [3.8, 4) is 5.75 Å². The highest BCUT2D eigenvalue weighted by Crippen LogP contribution is 2.44. The highest BCUT2D eigenvalue weighted by molar-refractivity contribution is 6.09. The largest absolute Gasteiger partial charge is 0.497 e. The highest BCUT2D eigenvalue weighted by atomic mass is 16.5. The Bertz CT molecular complexity index is 1100. The van der Waals surface area contributed by atoms with Gasteiger partial charge < -0.3 is 15.4 Å². The summed E-state index contributed by atoms with van der Waals surface area (Å²) in [6.07, 6.45) is 2.98. The minimum Gasteiger partial charge on any atom is -0.497 e. The van der Waals surface area contributed by atoms with E-state index < -0.39 is 5.92 Å². The van der Waals surface area contributed by atoms with E-state index in [-0.39, 0.29) is 17.6 Å². The van der Waals surface area contributed by atoms with Crippen molar-refractivity contribution in [3.63, 3.8) is 0 Å². The zero-order valence-corrected chi connectivity index (χ0v) is 18.3. The average Bonchev–Trinajstić information content (AvgIpc) is 2.74. The number of rotatable bonds is 4. The topological polar surface area (TPSA) is 80.3 Å². The van der Waals surface area contributed by atoms with E-state index in [4.69, 9.17) is 4.74 Å². The van der Waals surface area contributed by atoms with Crippen LogP contribution in [0.3, 0.4) is 0 Å². The molecule has 0 fully saturated rings. The normalized spacial score (nSPS) is 20.8. The Hall–Kier alpha value is -3.41. The van der Waals surface area contributed by atoms with Gasteiger partial charge in [0.2, 0.25) is 0 Å². The summed E-state index contributed by atoms with van der Waals surface area (Å²) in [5.74, 6) is 0.782. The third-order valence-corrected chi connectivity index (χ3v) is 5.86. The molecule has 31 heavy (non-hydrogen) atoms. The lowest BCUT2D eigenvalue weighted by Crippen LogP contribution is -2.37. The fraction of sp³-hybridized carbons (Fsp3) is 0.320. The number of carbonyl (C=O) groups excluding carboxylic acids is 2. The average molecular weight is 418 g/mol. The van der Waals surface area contributed by atoms with Crippen molar-refractivity contribution in [2.24, 2.45) is 5.92 Å². The van der Waals surface area contributed by atoms with Crippen molar-refractivity contribution in [3.05, 3.63) is 76.3 Å². The number of dihydropyridines is 1. The molecule has 6 nitrogen and oxygen atoms in total. The monoisotopic (exact) mass is 417 g/mol. The molecule has 6 heteroatoms. The number of nitrogens with one attached hydrogen (secondary N) is 2. The summed E-state index contributed by atoms with van der Waals surface area (Å²) in [7, 11) is 1.61. The summed E-state index contributed by atoms with van der Waals surface area (Å²) in [6.45, 7) is 5.91. The first-order valence-corrected chi connectivity index (χ1v) is 10.5. The molecule has 0 bridgehead atoms. The molecular weight excluding hydrogens is 390 g/mol. The van der Waals surface area contributed by atoms with E-state index in [1.54, 1.807) is 19.4 Å². The fourth-order valence-electron chi connectivity index (χ4n) is 4.41. The van der Waals surface area contributed by atoms with Crippen molar-refractivity contribution in [2.45, 2.75) is 39.5 Å². The molecule has 2 N–H and O–H groups in total. The van der Waals surface area contributed by atoms with Gasteiger partial charge in [0.05, 0.1) is 7.11 Å². The van der Waals surface area contributed by atoms with Crippen LogP contribution in [-0.2, 0) is 9.59 Å². The molecule has 0 saturated carbocycles. The minimum absolute atomic E-state index is 0.0836. The van der Waals surface area contributed by atoms with Gasteiger partial charge in [-0.2, -0.15) is 0 Å². The third kappa shape index (κ3) is 4.10. The van der Waals surface area contributed by atoms with Crippen LogP contribution in [0.25, 0.3) is 0 Å². The minimum atomic E-state index is -0.461. The van der Waals surface area contributed by atoms with E-state index in [0.717, 1.165) is 28.9 Å². The number of aromatic nitrogens is 1. The number of methoxy groups -OCH3 is 1. The third-order valence-electron chi connectivity index (χ3n) is 5.86. The molecule has 1 aromatic heterocycles. The van der Waals surface area contributed by atoms with Crippen molar-refractivity contribution >= 4 is 17.5 Å². The number of allylic oxidation sites excluding steroid dienone is 3. The maximum atomic E-state index is 13.4. The van der Waals surface area contributed by atoms with Gasteiger partial charge in [-0.1, -0.05) is 25.1 Å². The summed E-state index contributed by atoms with van der Waals surface area (Å²) < 4.78 is 5.41. The zero-order chi connectivity index (χ0) is 22.1. The standard InChI is InChI=1S/C25H27N3O3/c1-14-8-9-21(26-13-14)28-25(30)22-16(3)27-19-10-15(2)11-20(29)24(19)23(22)17-6-5-7-18(12-17)31-4/h5-9,12-13,15,23,27H,10-11H2,1-4H3,(H,26,28,30). The number of hydrogen-bond acceptors (Lipinski definition) is 5. The van der Waals surface area contributed by atoms with Crippen LogP contribution in [0.1, 0.15) is 43.7 Å². The van der Waals surface area contributed by atoms with Crippen LogP contribution in [0.2, 0.25) is 0 Å². The Kier molecular flexibility index (Phi) is 5.63. The van der Waals surface area contributed by atoms with E-state index in [0.29, 0.717) is 29.1 Å². The van der Waals surface area contributed by atoms with Gasteiger partial charge in [-0.05, 0) is 55.5 Å². The predicted molar refractivity (Wildman–Crippen MR) is 120 cm³/mol. The maximum absolute atomic E-state index is 13.4. The zero-order valence-electron chi connectivity index (χ0n) is 18.3. The number of ether oxygens (including phenoxy) is 1. The Balaban J connectivity index is 1.79. The van der Waals surface area contributed by atoms with Crippen LogP contribution in [-0.4, -0.2) is 23.8 Å². The number of Topliss-reactive ketones (excluding diaryl/α,β-unsaturated/α-hetero) is 1. The van der Waals surface area contributed by atoms with Gasteiger partial charge >= 0.3 is 0 Å². The number of pyridine rings is 1. The van der Waals surface area contributed by atoms with Gasteiger partial charge in [-0.3, -0.25) is 9.59 Å². The first-order valence-electron chi connectivity index (χ1n) is 10.5. The summed E-state index contributed by atoms with van der Waals surface area (Å²) in [5, 5.41) is 6.26. The quantitative estimate of drug-likeness (QED) is 0.777. The molecule has 1 aliphatic carbocycles. The maximum Gasteiger partial charge on any atom is 0.255 e. The second kappa shape index (κ2) is 8.38. The van der Waals surface area contributed by atoms with Crippen LogP contribution in [0.15, 0.2) is 65.1 Å². The van der Waals surface area contributed by atoms with E-state index >= 15 is 0 Å². The molecule has 1 aromatic carbocycles. The van der Waals surface area contributed by atoms with Gasteiger partial charge in [0.25, 0.3) is 5.91 Å². The highest BCUT2D eigenvalue weighted by Gasteiger charge is 2.40. The van der Waals surface area contributed by atoms with Crippen molar-refractivity contribution in [1.29, 1.82) is 0 Å². The van der Waals surface area contributed by atoms with E-state index in [9.17, 15) is 9.59 Å². The van der Waals surface area contributed by atoms with Crippen LogP contribution >= 0.6 is 0 Å². The molecule has 0 saturated heterocycles. The molecule has 2 atom stereocenters. The fourth-order valence-corrected chi connectivity index (χ4v) is 4.41. The molecule has 1 aliphatic heterocycles. The molecule has 0 radical (unpaired) electrons. The summed E-state index contributed by atoms with van der Waals surface area (Å²) in [6, 6.07) is 11.3. The van der Waals surface area contributed by atoms with Gasteiger partial charge in [-0.15, -0.1) is 0 Å². The lowest BCUT2D eigenvalue weighted by molar-refractivity contribution is -0.117. The molecule has 160 valence electrons. The lowest BCUT2D eigenvalue weighted by atomic mass is 9.73. The second-order valence-corrected chi connectivity index (χ2v) is 8.38. The number of benzene rings is 1. The molecule has 1 amide bonds. The van der Waals surface area contributed by atoms with Crippen molar-refractivity contribution in [1.82, 2.24) is 10.3 Å². The Morgan fingerprint density at radius 2 is 2.00 bits per heavy atom. The first-order chi connectivity index (χ1) is 14.9. The number of aryl methyl sites for hydroxylation is 1. The van der Waals surface area contributed by atoms with Crippen LogP contribution in [0.5, 0.6) is 5.75 Å². The molecule has 0 spiro atoms. The predicted octanol–water partition coefficient (Wildman–Crippen LogP) is 4.25. The number of amides is 1. The lowest BCUT2D eigenvalue weighted by Gasteiger charge is -2.36. The van der Waals surface area contributed by atoms with E-state index in [1.807, 2.05) is 44.2 Å². The number of anilines is 1. The number of carbonyl (C=O) groups is 2. The second-order valence-electron chi connectivity index (χ2n) is 8.38. The first kappa shape index (κ1) is 20.8. The van der Waals surface area contributed by atoms with Crippen molar-refractivity contribution < 1.29 is 14.3 Å². The summed E-state index contributed by atoms with van der Waals surface area (Å²) in [4.78, 5) is 30.9. The Labute approximate surface area is 182 Å². The molecule has 2 aromatic rings. The van der Waals surface area contributed by atoms with E-state index in [1.165, 1.54) is 0 Å². The molecule has 2 aliphatic rings. The molecule has 2 heterocycles.